The van der Waals surface area contributed by atoms with Crippen LogP contribution in [0, 0.1) is 0 Å². The third kappa shape index (κ3) is 2.93. The van der Waals surface area contributed by atoms with Gasteiger partial charge < -0.3 is 5.11 Å². The SMILES string of the molecule is CCS(=O)(=O)Nc1nc(C(C)O)cs1. The number of sulfonamides is 1. The lowest BCUT2D eigenvalue weighted by Crippen LogP contribution is -2.14. The predicted molar refractivity (Wildman–Crippen MR) is 55.8 cm³/mol. The van der Waals surface area contributed by atoms with Crippen LogP contribution in [0.3, 0.4) is 0 Å². The minimum Gasteiger partial charge on any atom is -0.387 e. The van der Waals surface area contributed by atoms with Gasteiger partial charge in [0.1, 0.15) is 0 Å². The maximum atomic E-state index is 11.1. The lowest BCUT2D eigenvalue weighted by molar-refractivity contribution is 0.195. The van der Waals surface area contributed by atoms with Crippen molar-refractivity contribution in [3.63, 3.8) is 0 Å². The van der Waals surface area contributed by atoms with Crippen LogP contribution in [0.25, 0.3) is 0 Å². The van der Waals surface area contributed by atoms with Gasteiger partial charge in [-0.15, -0.1) is 11.3 Å². The number of anilines is 1. The molecule has 0 amide bonds. The highest BCUT2D eigenvalue weighted by molar-refractivity contribution is 7.92. The summed E-state index contributed by atoms with van der Waals surface area (Å²) in [5.74, 6) is 0.0105. The molecular formula is C7H12N2O3S2. The van der Waals surface area contributed by atoms with Gasteiger partial charge in [-0.2, -0.15) is 0 Å². The van der Waals surface area contributed by atoms with Crippen molar-refractivity contribution in [3.05, 3.63) is 11.1 Å². The molecule has 0 aromatic carbocycles. The summed E-state index contributed by atoms with van der Waals surface area (Å²) in [7, 11) is -3.27. The Bertz CT molecular complexity index is 397. The molecule has 0 radical (unpaired) electrons. The summed E-state index contributed by atoms with van der Waals surface area (Å²) >= 11 is 1.16. The van der Waals surface area contributed by atoms with Crippen LogP contribution < -0.4 is 4.72 Å². The molecule has 0 aliphatic rings. The van der Waals surface area contributed by atoms with Gasteiger partial charge in [0.05, 0.1) is 17.6 Å². The summed E-state index contributed by atoms with van der Waals surface area (Å²) in [6.45, 7) is 3.12. The first kappa shape index (κ1) is 11.4. The Labute approximate surface area is 86.9 Å². The van der Waals surface area contributed by atoms with E-state index >= 15 is 0 Å². The number of nitrogens with zero attached hydrogens (tertiary/aromatic N) is 1. The van der Waals surface area contributed by atoms with Crippen molar-refractivity contribution in [1.29, 1.82) is 0 Å². The molecule has 0 fully saturated rings. The fourth-order valence-corrected chi connectivity index (χ4v) is 2.40. The van der Waals surface area contributed by atoms with E-state index in [0.29, 0.717) is 10.8 Å². The number of aliphatic hydroxyl groups is 1. The van der Waals surface area contributed by atoms with Gasteiger partial charge in [0.2, 0.25) is 10.0 Å². The van der Waals surface area contributed by atoms with Crippen molar-refractivity contribution in [2.24, 2.45) is 0 Å². The van der Waals surface area contributed by atoms with Gasteiger partial charge in [0.25, 0.3) is 0 Å². The van der Waals surface area contributed by atoms with Crippen molar-refractivity contribution < 1.29 is 13.5 Å². The van der Waals surface area contributed by atoms with Gasteiger partial charge in [-0.25, -0.2) is 13.4 Å². The molecule has 1 atom stereocenters. The normalized spacial score (nSPS) is 13.9. The average molecular weight is 236 g/mol. The molecule has 0 aliphatic carbocycles. The van der Waals surface area contributed by atoms with Crippen LogP contribution in [0.15, 0.2) is 5.38 Å². The van der Waals surface area contributed by atoms with Gasteiger partial charge in [-0.05, 0) is 13.8 Å². The summed E-state index contributed by atoms with van der Waals surface area (Å²) in [5, 5.41) is 11.1. The highest BCUT2D eigenvalue weighted by Crippen LogP contribution is 2.20. The van der Waals surface area contributed by atoms with Gasteiger partial charge >= 0.3 is 0 Å². The standard InChI is InChI=1S/C7H12N2O3S2/c1-3-14(11,12)9-7-8-6(4-13-7)5(2)10/h4-5,10H,3H2,1-2H3,(H,8,9). The van der Waals surface area contributed by atoms with Crippen LogP contribution in [0.1, 0.15) is 25.6 Å². The smallest absolute Gasteiger partial charge is 0.234 e. The first-order valence-electron chi connectivity index (χ1n) is 4.08. The first-order chi connectivity index (χ1) is 6.44. The number of aromatic nitrogens is 1. The summed E-state index contributed by atoms with van der Waals surface area (Å²) in [6, 6.07) is 0. The lowest BCUT2D eigenvalue weighted by Gasteiger charge is -2.01. The highest BCUT2D eigenvalue weighted by Gasteiger charge is 2.11. The van der Waals surface area contributed by atoms with E-state index in [1.54, 1.807) is 19.2 Å². The van der Waals surface area contributed by atoms with Crippen LogP contribution in [0.4, 0.5) is 5.13 Å². The van der Waals surface area contributed by atoms with E-state index in [0.717, 1.165) is 11.3 Å². The fourth-order valence-electron chi connectivity index (χ4n) is 0.730. The van der Waals surface area contributed by atoms with Crippen LogP contribution in [0.2, 0.25) is 0 Å². The van der Waals surface area contributed by atoms with E-state index in [9.17, 15) is 8.42 Å². The number of hydrogen-bond acceptors (Lipinski definition) is 5. The summed E-state index contributed by atoms with van der Waals surface area (Å²) in [4.78, 5) is 3.92. The van der Waals surface area contributed by atoms with E-state index in [-0.39, 0.29) is 5.75 Å². The molecule has 0 saturated carbocycles. The second kappa shape index (κ2) is 4.24. The molecule has 2 N–H and O–H groups in total. The van der Waals surface area contributed by atoms with Crippen molar-refractivity contribution in [1.82, 2.24) is 4.98 Å². The van der Waals surface area contributed by atoms with Crippen molar-refractivity contribution in [2.75, 3.05) is 10.5 Å². The van der Waals surface area contributed by atoms with Crippen molar-refractivity contribution >= 4 is 26.5 Å². The molecule has 1 aromatic heterocycles. The average Bonchev–Trinajstić information content (AvgIpc) is 2.52. The van der Waals surface area contributed by atoms with E-state index in [2.05, 4.69) is 9.71 Å². The van der Waals surface area contributed by atoms with Crippen LogP contribution in [0.5, 0.6) is 0 Å². The number of rotatable bonds is 4. The molecule has 0 bridgehead atoms. The molecule has 0 saturated heterocycles. The summed E-state index contributed by atoms with van der Waals surface area (Å²) < 4.78 is 24.6. The molecule has 0 spiro atoms. The second-order valence-corrected chi connectivity index (χ2v) is 5.63. The zero-order chi connectivity index (χ0) is 10.8. The quantitative estimate of drug-likeness (QED) is 0.816. The Balaban J connectivity index is 2.79. The van der Waals surface area contributed by atoms with E-state index in [1.807, 2.05) is 0 Å². The molecule has 7 heteroatoms. The molecule has 1 unspecified atom stereocenters. The maximum Gasteiger partial charge on any atom is 0.234 e. The van der Waals surface area contributed by atoms with Gasteiger partial charge in [-0.1, -0.05) is 0 Å². The first-order valence-corrected chi connectivity index (χ1v) is 6.62. The van der Waals surface area contributed by atoms with Gasteiger partial charge in [0, 0.05) is 5.38 Å². The van der Waals surface area contributed by atoms with E-state index in [4.69, 9.17) is 5.11 Å². The van der Waals surface area contributed by atoms with Crippen LogP contribution in [-0.4, -0.2) is 24.3 Å². The molecule has 1 rings (SSSR count). The molecular weight excluding hydrogens is 224 g/mol. The Kier molecular flexibility index (Phi) is 3.46. The predicted octanol–water partition coefficient (Wildman–Crippen LogP) is 0.958. The Morgan fingerprint density at radius 1 is 1.71 bits per heavy atom. The van der Waals surface area contributed by atoms with Gasteiger partial charge in [0.15, 0.2) is 5.13 Å². The lowest BCUT2D eigenvalue weighted by atomic mass is 10.3. The van der Waals surface area contributed by atoms with E-state index < -0.39 is 16.1 Å². The second-order valence-electron chi connectivity index (χ2n) is 2.76. The minimum absolute atomic E-state index is 0.0105. The third-order valence-electron chi connectivity index (χ3n) is 1.57. The zero-order valence-corrected chi connectivity index (χ0v) is 9.52. The van der Waals surface area contributed by atoms with Crippen LogP contribution in [-0.2, 0) is 10.0 Å². The minimum atomic E-state index is -3.27. The van der Waals surface area contributed by atoms with Crippen LogP contribution >= 0.6 is 11.3 Å². The highest BCUT2D eigenvalue weighted by atomic mass is 32.2. The van der Waals surface area contributed by atoms with E-state index in [1.165, 1.54) is 0 Å². The molecule has 1 aromatic rings. The molecule has 1 heterocycles. The number of nitrogens with one attached hydrogen (secondary N) is 1. The van der Waals surface area contributed by atoms with Gasteiger partial charge in [-0.3, -0.25) is 4.72 Å². The summed E-state index contributed by atoms with van der Waals surface area (Å²) in [5.41, 5.74) is 0.476. The maximum absolute atomic E-state index is 11.1. The summed E-state index contributed by atoms with van der Waals surface area (Å²) in [6.07, 6.45) is -0.675. The fraction of sp³-hybridized carbons (Fsp3) is 0.571. The van der Waals surface area contributed by atoms with Crippen molar-refractivity contribution in [2.45, 2.75) is 20.0 Å². The molecule has 5 nitrogen and oxygen atoms in total. The zero-order valence-electron chi connectivity index (χ0n) is 7.89. The van der Waals surface area contributed by atoms with Crippen molar-refractivity contribution in [3.8, 4) is 0 Å². The molecule has 80 valence electrons. The largest absolute Gasteiger partial charge is 0.387 e. The Hall–Kier alpha value is -0.660. The Morgan fingerprint density at radius 2 is 2.36 bits per heavy atom. The topological polar surface area (TPSA) is 79.3 Å². The number of hydrogen-bond donors (Lipinski definition) is 2. The number of thiazole rings is 1. The Morgan fingerprint density at radius 3 is 2.79 bits per heavy atom. The molecule has 0 aliphatic heterocycles. The number of aliphatic hydroxyl groups excluding tert-OH is 1. The molecule has 14 heavy (non-hydrogen) atoms. The monoisotopic (exact) mass is 236 g/mol. The third-order valence-corrected chi connectivity index (χ3v) is 3.74.